The third kappa shape index (κ3) is 81.8. The Balaban J connectivity index is 3.95. The van der Waals surface area contributed by atoms with Crippen molar-refractivity contribution >= 4 is 19.8 Å². The van der Waals surface area contributed by atoms with E-state index < -0.39 is 26.5 Å². The zero-order valence-electron chi connectivity index (χ0n) is 64.6. The molecule has 2 unspecified atom stereocenters. The van der Waals surface area contributed by atoms with Crippen LogP contribution in [-0.2, 0) is 32.7 Å². The summed E-state index contributed by atoms with van der Waals surface area (Å²) in [6.07, 6.45) is 109. The van der Waals surface area contributed by atoms with E-state index in [1.165, 1.54) is 270 Å². The molecule has 0 radical (unpaired) electrons. The number of hydrogen-bond acceptors (Lipinski definition) is 7. The van der Waals surface area contributed by atoms with Crippen molar-refractivity contribution in [1.82, 2.24) is 0 Å². The number of esters is 2. The van der Waals surface area contributed by atoms with Crippen molar-refractivity contribution in [1.29, 1.82) is 0 Å². The van der Waals surface area contributed by atoms with E-state index in [9.17, 15) is 19.0 Å². The van der Waals surface area contributed by atoms with Crippen molar-refractivity contribution in [2.45, 2.75) is 399 Å². The molecule has 0 bridgehead atoms. The van der Waals surface area contributed by atoms with Crippen molar-refractivity contribution in [2.75, 3.05) is 47.5 Å². The maximum Gasteiger partial charge on any atom is 0.472 e. The first-order valence-corrected chi connectivity index (χ1v) is 43.0. The van der Waals surface area contributed by atoms with Crippen LogP contribution in [0.15, 0.2) is 97.2 Å². The molecule has 0 aromatic rings. The highest BCUT2D eigenvalue weighted by Gasteiger charge is 2.27. The monoisotopic (exact) mass is 1380 g/mol. The lowest BCUT2D eigenvalue weighted by atomic mass is 10.0. The summed E-state index contributed by atoms with van der Waals surface area (Å²) in [5.74, 6) is -0.782. The lowest BCUT2D eigenvalue weighted by Crippen LogP contribution is -2.37. The highest BCUT2D eigenvalue weighted by molar-refractivity contribution is 7.47. The van der Waals surface area contributed by atoms with E-state index in [1.807, 2.05) is 21.1 Å². The Labute approximate surface area is 602 Å². The van der Waals surface area contributed by atoms with Gasteiger partial charge in [-0.3, -0.25) is 18.6 Å². The molecule has 0 spiro atoms. The van der Waals surface area contributed by atoms with Gasteiger partial charge in [0, 0.05) is 12.8 Å². The van der Waals surface area contributed by atoms with Gasteiger partial charge in [0.25, 0.3) is 0 Å². The molecule has 2 atom stereocenters. The lowest BCUT2D eigenvalue weighted by molar-refractivity contribution is -0.870. The number of rotatable bonds is 77. The van der Waals surface area contributed by atoms with Crippen LogP contribution in [0.2, 0.25) is 0 Å². The highest BCUT2D eigenvalue weighted by Crippen LogP contribution is 2.43. The van der Waals surface area contributed by atoms with E-state index >= 15 is 0 Å². The third-order valence-corrected chi connectivity index (χ3v) is 19.4. The molecule has 0 aromatic heterocycles. The molecule has 0 aliphatic heterocycles. The van der Waals surface area contributed by atoms with E-state index in [0.29, 0.717) is 23.9 Å². The minimum Gasteiger partial charge on any atom is -0.462 e. The van der Waals surface area contributed by atoms with Crippen LogP contribution in [-0.4, -0.2) is 74.9 Å². The Kier molecular flexibility index (Phi) is 74.7. The van der Waals surface area contributed by atoms with E-state index in [1.54, 1.807) is 0 Å². The number of allylic oxidation sites excluding steroid dienone is 16. The first-order chi connectivity index (χ1) is 47.5. The summed E-state index contributed by atoms with van der Waals surface area (Å²) in [5, 5.41) is 0. The fraction of sp³-hybridized carbons (Fsp3) is 0.793. The number of ether oxygens (including phenoxy) is 2. The predicted molar refractivity (Wildman–Crippen MR) is 422 cm³/mol. The van der Waals surface area contributed by atoms with E-state index in [-0.39, 0.29) is 25.6 Å². The Morgan fingerprint density at radius 3 is 0.876 bits per heavy atom. The van der Waals surface area contributed by atoms with Gasteiger partial charge in [0.15, 0.2) is 6.10 Å². The SMILES string of the molecule is CC/C=C\C/C=C\C/C=C\C/C=C\C/C=C\C/C=C\C/C=C\C/C=C\CCCCCCCCCCCCCCCCC(=O)OC(COC(=O)CCCCCCCCCCCCCCCCCCCCCCCCCCCCCCCCCCCC)COP(=O)(O)OCC[N+](C)(C)C. The number of likely N-dealkylation sites (N-methyl/N-ethyl adjacent to an activating group) is 1. The molecule has 0 saturated heterocycles. The zero-order valence-corrected chi connectivity index (χ0v) is 65.5. The van der Waals surface area contributed by atoms with Crippen LogP contribution in [0, 0.1) is 0 Å². The van der Waals surface area contributed by atoms with E-state index in [2.05, 4.69) is 111 Å². The Hall–Kier alpha value is -3.07. The van der Waals surface area contributed by atoms with Crippen molar-refractivity contribution in [3.63, 3.8) is 0 Å². The summed E-state index contributed by atoms with van der Waals surface area (Å²) in [7, 11) is 1.49. The van der Waals surface area contributed by atoms with Gasteiger partial charge in [-0.25, -0.2) is 4.57 Å². The van der Waals surface area contributed by atoms with Crippen molar-refractivity contribution in [2.24, 2.45) is 0 Å². The number of carbonyl (C=O) groups excluding carboxylic acids is 2. The summed E-state index contributed by atoms with van der Waals surface area (Å²) < 4.78 is 34.9. The third-order valence-electron chi connectivity index (χ3n) is 18.4. The van der Waals surface area contributed by atoms with Gasteiger partial charge in [-0.2, -0.15) is 0 Å². The number of phosphoric ester groups is 1. The van der Waals surface area contributed by atoms with Gasteiger partial charge >= 0.3 is 19.8 Å². The van der Waals surface area contributed by atoms with Crippen LogP contribution in [0.3, 0.4) is 0 Å². The molecule has 0 aromatic carbocycles. The standard InChI is InChI=1S/C87H158NO8P/c1-6-8-10-12-14-16-18-20-22-24-26-28-30-32-34-36-38-40-42-43-44-45-46-48-50-52-54-56-58-60-62-64-66-68-70-72-74-76-78-80-87(90)96-85(84-95-97(91,92)94-82-81-88(3,4)5)83-93-86(89)79-77-75-73-71-69-67-65-63-61-59-57-55-53-51-49-47-41-39-37-35-33-31-29-27-25-23-21-19-17-15-13-11-9-7-2/h8,10,14,16,20,22,26,28,32,34,38,40,43-44,46,48,85H,6-7,9,11-13,15,17-19,21,23-25,27,29-31,33,35-37,39,41-42,45,47,49-84H2,1-5H3/p+1/b10-8-,16-14-,22-20-,28-26-,34-32-,40-38-,44-43-,48-46-. The minimum atomic E-state index is -4.40. The number of quaternary nitrogens is 1. The smallest absolute Gasteiger partial charge is 0.462 e. The van der Waals surface area contributed by atoms with Gasteiger partial charge in [-0.15, -0.1) is 0 Å². The molecule has 0 rings (SSSR count). The van der Waals surface area contributed by atoms with Gasteiger partial charge in [0.2, 0.25) is 0 Å². The fourth-order valence-electron chi connectivity index (χ4n) is 12.1. The first-order valence-electron chi connectivity index (χ1n) is 41.5. The highest BCUT2D eigenvalue weighted by atomic mass is 31.2. The quantitative estimate of drug-likeness (QED) is 0.0211. The summed E-state index contributed by atoms with van der Waals surface area (Å²) in [6.45, 7) is 4.38. The second-order valence-electron chi connectivity index (χ2n) is 29.1. The molecule has 0 saturated carbocycles. The lowest BCUT2D eigenvalue weighted by Gasteiger charge is -2.24. The Bertz CT molecular complexity index is 1960. The molecule has 1 N–H and O–H groups in total. The first kappa shape index (κ1) is 93.9. The van der Waals surface area contributed by atoms with E-state index in [0.717, 1.165) is 89.9 Å². The van der Waals surface area contributed by atoms with Crippen LogP contribution < -0.4 is 0 Å². The number of hydrogen-bond donors (Lipinski definition) is 1. The molecule has 0 aliphatic carbocycles. The number of carbonyl (C=O) groups is 2. The molecule has 0 aliphatic rings. The van der Waals surface area contributed by atoms with Gasteiger partial charge in [0.1, 0.15) is 19.8 Å². The second-order valence-corrected chi connectivity index (χ2v) is 30.6. The maximum absolute atomic E-state index is 12.9. The second kappa shape index (κ2) is 77.1. The summed E-state index contributed by atoms with van der Waals surface area (Å²) in [4.78, 5) is 36.0. The summed E-state index contributed by atoms with van der Waals surface area (Å²) >= 11 is 0. The average molecular weight is 1380 g/mol. The van der Waals surface area contributed by atoms with Gasteiger partial charge in [-0.1, -0.05) is 400 Å². The molecular formula is C87H159NO8P+. The molecule has 10 heteroatoms. The molecule has 97 heavy (non-hydrogen) atoms. The van der Waals surface area contributed by atoms with Crippen molar-refractivity contribution < 1.29 is 42.1 Å². The largest absolute Gasteiger partial charge is 0.472 e. The van der Waals surface area contributed by atoms with Crippen LogP contribution in [0.25, 0.3) is 0 Å². The van der Waals surface area contributed by atoms with Crippen molar-refractivity contribution in [3.8, 4) is 0 Å². The molecule has 564 valence electrons. The average Bonchev–Trinajstić information content (AvgIpc) is 1.69. The molecule has 0 fully saturated rings. The topological polar surface area (TPSA) is 108 Å². The summed E-state index contributed by atoms with van der Waals surface area (Å²) in [5.41, 5.74) is 0. The molecule has 0 heterocycles. The predicted octanol–water partition coefficient (Wildman–Crippen LogP) is 27.8. The van der Waals surface area contributed by atoms with Crippen molar-refractivity contribution in [3.05, 3.63) is 97.2 Å². The number of nitrogens with zero attached hydrogens (tertiary/aromatic N) is 1. The maximum atomic E-state index is 12.9. The number of unbranched alkanes of at least 4 members (excludes halogenated alkanes) is 47. The minimum absolute atomic E-state index is 0.0310. The van der Waals surface area contributed by atoms with Crippen LogP contribution in [0.5, 0.6) is 0 Å². The van der Waals surface area contributed by atoms with Crippen LogP contribution >= 0.6 is 7.82 Å². The van der Waals surface area contributed by atoms with Crippen LogP contribution in [0.1, 0.15) is 393 Å². The van der Waals surface area contributed by atoms with Gasteiger partial charge < -0.3 is 18.9 Å². The zero-order chi connectivity index (χ0) is 70.4. The Morgan fingerprint density at radius 2 is 0.588 bits per heavy atom. The van der Waals surface area contributed by atoms with E-state index in [4.69, 9.17) is 18.5 Å². The molecule has 9 nitrogen and oxygen atoms in total. The molecular weight excluding hydrogens is 1220 g/mol. The Morgan fingerprint density at radius 1 is 0.330 bits per heavy atom. The van der Waals surface area contributed by atoms with Gasteiger partial charge in [0.05, 0.1) is 27.7 Å². The summed E-state index contributed by atoms with van der Waals surface area (Å²) in [6, 6.07) is 0. The fourth-order valence-corrected chi connectivity index (χ4v) is 12.8. The van der Waals surface area contributed by atoms with Gasteiger partial charge in [-0.05, 0) is 77.0 Å². The number of phosphoric acid groups is 1. The molecule has 0 amide bonds. The van der Waals surface area contributed by atoms with Crippen LogP contribution in [0.4, 0.5) is 0 Å². The normalized spacial score (nSPS) is 13.5.